The lowest BCUT2D eigenvalue weighted by Crippen LogP contribution is -2.61. The molecule has 0 bridgehead atoms. The van der Waals surface area contributed by atoms with E-state index in [4.69, 9.17) is 9.47 Å². The van der Waals surface area contributed by atoms with E-state index in [1.165, 1.54) is 92.3 Å². The molecule has 71 heavy (non-hydrogen) atoms. The molecule has 0 N–H and O–H groups in total. The average Bonchev–Trinajstić information content (AvgIpc) is 3.76. The van der Waals surface area contributed by atoms with Crippen molar-refractivity contribution in [2.45, 2.75) is 59.3 Å². The number of thiophene rings is 1. The first-order chi connectivity index (χ1) is 34.4. The molecule has 3 aliphatic rings. The maximum atomic E-state index is 6.68. The van der Waals surface area contributed by atoms with Gasteiger partial charge in [-0.2, -0.15) is 0 Å². The van der Waals surface area contributed by atoms with Gasteiger partial charge in [0.1, 0.15) is 13.2 Å². The lowest BCUT2D eigenvalue weighted by molar-refractivity contribution is 0.172. The Balaban J connectivity index is 1.08. The second kappa shape index (κ2) is 16.3. The lowest BCUT2D eigenvalue weighted by atomic mass is 9.33. The van der Waals surface area contributed by atoms with Crippen molar-refractivity contribution in [1.29, 1.82) is 0 Å². The highest BCUT2D eigenvalue weighted by molar-refractivity contribution is 7.25. The van der Waals surface area contributed by atoms with E-state index in [1.54, 1.807) is 0 Å². The van der Waals surface area contributed by atoms with Crippen molar-refractivity contribution in [2.24, 2.45) is 0 Å². The SMILES string of the molecule is Cc1cc2c3c(c1)N(c1ccccc1)c1c(ccc4c1OCCO4)B3c1cc(-c3ccc4c(c3)sc3ccccc34)ccc1N2c1cc(-c2ccc(C(C)(C)C)cc2)cc(-c2ccc(C(C)(C)C)cc2)c1. The molecule has 6 heteroatoms. The summed E-state index contributed by atoms with van der Waals surface area (Å²) in [7, 11) is 0. The molecule has 0 unspecified atom stereocenters. The predicted molar refractivity (Wildman–Crippen MR) is 303 cm³/mol. The van der Waals surface area contributed by atoms with E-state index in [0.29, 0.717) is 13.2 Å². The van der Waals surface area contributed by atoms with Crippen LogP contribution in [-0.4, -0.2) is 19.9 Å². The van der Waals surface area contributed by atoms with Crippen LogP contribution in [-0.2, 0) is 10.8 Å². The van der Waals surface area contributed by atoms with Gasteiger partial charge in [-0.25, -0.2) is 0 Å². The highest BCUT2D eigenvalue weighted by Crippen LogP contribution is 2.51. The van der Waals surface area contributed by atoms with Crippen LogP contribution in [0.5, 0.6) is 11.5 Å². The van der Waals surface area contributed by atoms with Gasteiger partial charge in [-0.05, 0) is 151 Å². The number of rotatable bonds is 5. The van der Waals surface area contributed by atoms with Crippen LogP contribution in [0.15, 0.2) is 182 Å². The normalized spacial score (nSPS) is 13.9. The molecule has 10 aromatic rings. The molecule has 3 aliphatic heterocycles. The number of fused-ring (bicyclic) bond motifs is 9. The standard InChI is InChI=1S/C65H55BN2O2S/c1-40-33-56-61-57(34-40)68(49-13-9-8-10-14-49)62-53(28-30-58-63(62)70-32-31-69-58)66(61)54-38-43(44-21-27-52-51-15-11-12-16-59(51)71-60(52)39-44)22-29-55(54)67(56)50-36-45(41-17-23-47(24-18-41)64(2,3)4)35-46(37-50)42-19-25-48(26-20-42)65(5,6)7/h8-30,33-39H,31-32H2,1-7H3. The van der Waals surface area contributed by atoms with Gasteiger partial charge in [0, 0.05) is 48.6 Å². The van der Waals surface area contributed by atoms with Crippen molar-refractivity contribution in [1.82, 2.24) is 0 Å². The highest BCUT2D eigenvalue weighted by atomic mass is 32.1. The Labute approximate surface area is 421 Å². The van der Waals surface area contributed by atoms with Gasteiger partial charge in [0.2, 0.25) is 0 Å². The maximum absolute atomic E-state index is 6.68. The number of benzene rings is 9. The van der Waals surface area contributed by atoms with E-state index in [0.717, 1.165) is 39.9 Å². The van der Waals surface area contributed by atoms with Gasteiger partial charge in [0.15, 0.2) is 11.5 Å². The van der Waals surface area contributed by atoms with Crippen molar-refractivity contribution in [3.63, 3.8) is 0 Å². The summed E-state index contributed by atoms with van der Waals surface area (Å²) in [4.78, 5) is 4.99. The molecule has 346 valence electrons. The fourth-order valence-electron chi connectivity index (χ4n) is 11.3. The molecule has 0 radical (unpaired) electrons. The second-order valence-electron chi connectivity index (χ2n) is 21.7. The van der Waals surface area contributed by atoms with Gasteiger partial charge in [0.25, 0.3) is 6.71 Å². The first-order valence-electron chi connectivity index (χ1n) is 25.0. The van der Waals surface area contributed by atoms with Crippen LogP contribution >= 0.6 is 11.3 Å². The van der Waals surface area contributed by atoms with Crippen molar-refractivity contribution in [3.05, 3.63) is 199 Å². The summed E-state index contributed by atoms with van der Waals surface area (Å²) in [5, 5.41) is 2.62. The number of ether oxygens (including phenoxy) is 2. The van der Waals surface area contributed by atoms with E-state index in [9.17, 15) is 0 Å². The smallest absolute Gasteiger partial charge is 0.252 e. The molecule has 0 atom stereocenters. The first kappa shape index (κ1) is 43.5. The Morgan fingerprint density at radius 1 is 0.451 bits per heavy atom. The minimum atomic E-state index is -0.108. The number of hydrogen-bond donors (Lipinski definition) is 0. The molecule has 13 rings (SSSR count). The summed E-state index contributed by atoms with van der Waals surface area (Å²) in [5.74, 6) is 1.58. The minimum Gasteiger partial charge on any atom is -0.486 e. The molecular weight excluding hydrogens is 884 g/mol. The zero-order valence-corrected chi connectivity index (χ0v) is 42.2. The van der Waals surface area contributed by atoms with Crippen molar-refractivity contribution in [3.8, 4) is 44.9 Å². The summed E-state index contributed by atoms with van der Waals surface area (Å²) >= 11 is 1.87. The van der Waals surface area contributed by atoms with Crippen molar-refractivity contribution < 1.29 is 9.47 Å². The van der Waals surface area contributed by atoms with Gasteiger partial charge in [-0.15, -0.1) is 11.3 Å². The van der Waals surface area contributed by atoms with Crippen LogP contribution in [0.4, 0.5) is 34.1 Å². The zero-order chi connectivity index (χ0) is 48.3. The molecule has 0 amide bonds. The van der Waals surface area contributed by atoms with Crippen LogP contribution < -0.4 is 35.7 Å². The minimum absolute atomic E-state index is 0.0475. The monoisotopic (exact) mass is 938 g/mol. The number of nitrogens with zero attached hydrogens (tertiary/aromatic N) is 2. The van der Waals surface area contributed by atoms with Gasteiger partial charge in [-0.3, -0.25) is 0 Å². The van der Waals surface area contributed by atoms with Crippen molar-refractivity contribution >= 4 is 88.7 Å². The van der Waals surface area contributed by atoms with E-state index in [-0.39, 0.29) is 17.5 Å². The Morgan fingerprint density at radius 2 is 1.04 bits per heavy atom. The molecule has 4 nitrogen and oxygen atoms in total. The third-order valence-corrected chi connectivity index (χ3v) is 16.1. The predicted octanol–water partition coefficient (Wildman–Crippen LogP) is 15.8. The molecular formula is C65H55BN2O2S. The molecule has 9 aromatic carbocycles. The first-order valence-corrected chi connectivity index (χ1v) is 25.8. The highest BCUT2D eigenvalue weighted by Gasteiger charge is 2.45. The molecule has 0 saturated heterocycles. The van der Waals surface area contributed by atoms with E-state index in [2.05, 4.69) is 240 Å². The molecule has 0 spiro atoms. The third-order valence-electron chi connectivity index (χ3n) is 15.0. The van der Waals surface area contributed by atoms with Crippen LogP contribution in [0.3, 0.4) is 0 Å². The largest absolute Gasteiger partial charge is 0.486 e. The van der Waals surface area contributed by atoms with Gasteiger partial charge in [-0.1, -0.05) is 157 Å². The molecule has 4 heterocycles. The fraction of sp³-hybridized carbons (Fsp3) is 0.169. The average molecular weight is 939 g/mol. The number of anilines is 6. The van der Waals surface area contributed by atoms with Crippen molar-refractivity contribution in [2.75, 3.05) is 23.0 Å². The van der Waals surface area contributed by atoms with Crippen LogP contribution in [0, 0.1) is 6.92 Å². The van der Waals surface area contributed by atoms with Gasteiger partial charge in [0.05, 0.1) is 5.69 Å². The lowest BCUT2D eigenvalue weighted by Gasteiger charge is -2.45. The summed E-state index contributed by atoms with van der Waals surface area (Å²) in [6, 6.07) is 68.6. The summed E-state index contributed by atoms with van der Waals surface area (Å²) < 4.78 is 15.6. The molecule has 0 aliphatic carbocycles. The quantitative estimate of drug-likeness (QED) is 0.161. The number of aryl methyl sites for hydroxylation is 1. The fourth-order valence-corrected chi connectivity index (χ4v) is 12.5. The van der Waals surface area contributed by atoms with E-state index >= 15 is 0 Å². The number of para-hydroxylation sites is 1. The van der Waals surface area contributed by atoms with Gasteiger partial charge >= 0.3 is 0 Å². The van der Waals surface area contributed by atoms with E-state index in [1.807, 2.05) is 11.3 Å². The maximum Gasteiger partial charge on any atom is 0.252 e. The third kappa shape index (κ3) is 7.25. The summed E-state index contributed by atoms with van der Waals surface area (Å²) in [6.07, 6.45) is 0. The topological polar surface area (TPSA) is 24.9 Å². The zero-order valence-electron chi connectivity index (χ0n) is 41.4. The van der Waals surface area contributed by atoms with Crippen LogP contribution in [0.2, 0.25) is 0 Å². The number of hydrogen-bond acceptors (Lipinski definition) is 5. The molecule has 0 saturated carbocycles. The van der Waals surface area contributed by atoms with Gasteiger partial charge < -0.3 is 19.3 Å². The summed E-state index contributed by atoms with van der Waals surface area (Å²) in [6.45, 7) is 16.8. The Hall–Kier alpha value is -7.54. The second-order valence-corrected chi connectivity index (χ2v) is 22.8. The van der Waals surface area contributed by atoms with E-state index < -0.39 is 0 Å². The Kier molecular flexibility index (Phi) is 9.96. The molecule has 1 aromatic heterocycles. The van der Waals surface area contributed by atoms with Crippen LogP contribution in [0.1, 0.15) is 58.2 Å². The Bertz CT molecular complexity index is 3670. The summed E-state index contributed by atoms with van der Waals surface area (Å²) in [5.41, 5.74) is 21.5. The van der Waals surface area contributed by atoms with Crippen LogP contribution in [0.25, 0.3) is 53.6 Å². The molecule has 0 fully saturated rings. The Morgan fingerprint density at radius 3 is 1.73 bits per heavy atom.